The van der Waals surface area contributed by atoms with Crippen molar-refractivity contribution >= 4 is 40.9 Å². The van der Waals surface area contributed by atoms with Gasteiger partial charge in [0.1, 0.15) is 13.2 Å². The molecule has 0 N–H and O–H groups in total. The molecule has 16 heteroatoms. The van der Waals surface area contributed by atoms with Crippen molar-refractivity contribution in [3.63, 3.8) is 0 Å². The van der Waals surface area contributed by atoms with Gasteiger partial charge < -0.3 is 28.3 Å². The van der Waals surface area contributed by atoms with E-state index < -0.39 is 78.5 Å². The molecule has 0 spiro atoms. The molecule has 2 aromatic carbocycles. The standard InChI is InChI=1S/C40H48N4O12/c1-21(2)16-29-10-12-30(13-11-29)24(5)39(50)52-15-14-43-38(49)35-37(42-40(43)51)44(32-18-23(4)22(3)17-31(32)41-35)19-33(54-26(7)46)36(56-28(9)48)34(55-27(8)47)20-53-25(6)45/h10-13,17-18,21,24,33-34,36H,14-16,19-20H2,1-9H3. The van der Waals surface area contributed by atoms with E-state index in [9.17, 15) is 33.6 Å². The fraction of sp³-hybridized carbons (Fsp3) is 0.475. The maximum Gasteiger partial charge on any atom is 0.352 e. The van der Waals surface area contributed by atoms with Gasteiger partial charge in [-0.15, -0.1) is 0 Å². The predicted molar refractivity (Wildman–Crippen MR) is 202 cm³/mol. The Balaban J connectivity index is 1.75. The minimum Gasteiger partial charge on any atom is -0.463 e. The zero-order chi connectivity index (χ0) is 41.4. The smallest absolute Gasteiger partial charge is 0.352 e. The number of nitrogens with zero attached hydrogens (tertiary/aromatic N) is 4. The van der Waals surface area contributed by atoms with E-state index in [1.807, 2.05) is 38.1 Å². The summed E-state index contributed by atoms with van der Waals surface area (Å²) in [4.78, 5) is 98.1. The van der Waals surface area contributed by atoms with Crippen LogP contribution in [-0.4, -0.2) is 80.5 Å². The van der Waals surface area contributed by atoms with Crippen molar-refractivity contribution in [2.45, 2.75) is 106 Å². The molecule has 0 saturated heterocycles. The summed E-state index contributed by atoms with van der Waals surface area (Å²) < 4.78 is 29.4. The van der Waals surface area contributed by atoms with Gasteiger partial charge in [-0.2, -0.15) is 4.98 Å². The molecule has 300 valence electrons. The van der Waals surface area contributed by atoms with Crippen molar-refractivity contribution in [1.29, 1.82) is 0 Å². The van der Waals surface area contributed by atoms with E-state index in [0.29, 0.717) is 17.0 Å². The maximum atomic E-state index is 14.0. The maximum absolute atomic E-state index is 14.0. The minimum atomic E-state index is -1.54. The molecule has 0 aliphatic carbocycles. The molecule has 2 aliphatic rings. The third kappa shape index (κ3) is 10.9. The molecule has 2 aliphatic heterocycles. The average molecular weight is 777 g/mol. The van der Waals surface area contributed by atoms with Crippen LogP contribution >= 0.6 is 0 Å². The highest BCUT2D eigenvalue weighted by Gasteiger charge is 2.39. The van der Waals surface area contributed by atoms with Crippen LogP contribution in [0.2, 0.25) is 0 Å². The Morgan fingerprint density at radius 2 is 1.34 bits per heavy atom. The van der Waals surface area contributed by atoms with Crippen molar-refractivity contribution in [1.82, 2.24) is 19.1 Å². The zero-order valence-corrected chi connectivity index (χ0v) is 33.1. The summed E-state index contributed by atoms with van der Waals surface area (Å²) in [6, 6.07) is 11.2. The van der Waals surface area contributed by atoms with Crippen molar-refractivity contribution in [2.75, 3.05) is 13.2 Å². The highest BCUT2D eigenvalue weighted by molar-refractivity contribution is 5.81. The molecular formula is C40H48N4O12. The first-order valence-corrected chi connectivity index (χ1v) is 18.2. The third-order valence-corrected chi connectivity index (χ3v) is 8.98. The van der Waals surface area contributed by atoms with Crippen LogP contribution in [-0.2, 0) is 67.2 Å². The summed E-state index contributed by atoms with van der Waals surface area (Å²) in [6.07, 6.45) is -3.53. The number of esters is 5. The van der Waals surface area contributed by atoms with Gasteiger partial charge in [0.25, 0.3) is 5.56 Å². The predicted octanol–water partition coefficient (Wildman–Crippen LogP) is 3.58. The third-order valence-electron chi connectivity index (χ3n) is 8.98. The summed E-state index contributed by atoms with van der Waals surface area (Å²) in [5.41, 5.74) is 2.19. The molecule has 2 heterocycles. The SMILES string of the molecule is CC(=O)OCC(OC(C)=O)C(OC(C)=O)C(Cn1c2nc(=O)n(CCOC(=O)C(C)c3ccc(CC(C)C)cc3)c(=O)c-2nc2cc(C)c(C)cc21)OC(C)=O. The Morgan fingerprint density at radius 1 is 0.732 bits per heavy atom. The molecule has 0 bridgehead atoms. The van der Waals surface area contributed by atoms with Crippen LogP contribution in [0.25, 0.3) is 22.6 Å². The second kappa shape index (κ2) is 18.6. The normalized spacial score (nSPS) is 13.5. The Morgan fingerprint density at radius 3 is 1.93 bits per heavy atom. The van der Waals surface area contributed by atoms with Crippen molar-refractivity contribution in [3.05, 3.63) is 79.5 Å². The molecule has 0 saturated carbocycles. The molecule has 4 atom stereocenters. The molecule has 4 rings (SSSR count). The van der Waals surface area contributed by atoms with Gasteiger partial charge in [-0.05, 0) is 67.5 Å². The fourth-order valence-electron chi connectivity index (χ4n) is 6.21. The van der Waals surface area contributed by atoms with Gasteiger partial charge in [0.2, 0.25) is 0 Å². The lowest BCUT2D eigenvalue weighted by Crippen LogP contribution is -2.49. The number of carbonyl (C=O) groups is 5. The molecular weight excluding hydrogens is 728 g/mol. The second-order valence-electron chi connectivity index (χ2n) is 14.1. The molecule has 2 aromatic rings. The molecule has 4 unspecified atom stereocenters. The van der Waals surface area contributed by atoms with Crippen LogP contribution in [0, 0.1) is 19.8 Å². The van der Waals surface area contributed by atoms with Crippen LogP contribution in [0.1, 0.15) is 76.6 Å². The lowest BCUT2D eigenvalue weighted by Gasteiger charge is -2.32. The first-order chi connectivity index (χ1) is 26.4. The van der Waals surface area contributed by atoms with Gasteiger partial charge in [-0.3, -0.25) is 33.3 Å². The number of fused-ring (bicyclic) bond motifs is 2. The van der Waals surface area contributed by atoms with Crippen LogP contribution in [0.15, 0.2) is 46.0 Å². The number of carbonyl (C=O) groups excluding carboxylic acids is 5. The molecule has 0 aromatic heterocycles. The number of aryl methyl sites for hydroxylation is 2. The lowest BCUT2D eigenvalue weighted by atomic mass is 9.97. The summed E-state index contributed by atoms with van der Waals surface area (Å²) in [5, 5.41) is 0. The summed E-state index contributed by atoms with van der Waals surface area (Å²) in [6.45, 7) is 12.5. The van der Waals surface area contributed by atoms with Gasteiger partial charge >= 0.3 is 35.5 Å². The van der Waals surface area contributed by atoms with Crippen molar-refractivity contribution in [2.24, 2.45) is 5.92 Å². The first-order valence-electron chi connectivity index (χ1n) is 18.2. The van der Waals surface area contributed by atoms with Gasteiger partial charge in [-0.1, -0.05) is 38.1 Å². The summed E-state index contributed by atoms with van der Waals surface area (Å²) >= 11 is 0. The Labute approximate surface area is 323 Å². The first kappa shape index (κ1) is 42.8. The highest BCUT2D eigenvalue weighted by atomic mass is 16.6. The lowest BCUT2D eigenvalue weighted by molar-refractivity contribution is -0.190. The number of ether oxygens (including phenoxy) is 5. The van der Waals surface area contributed by atoms with Crippen LogP contribution < -0.4 is 11.2 Å². The van der Waals surface area contributed by atoms with Gasteiger partial charge in [0, 0.05) is 27.7 Å². The average Bonchev–Trinajstić information content (AvgIpc) is 3.10. The zero-order valence-electron chi connectivity index (χ0n) is 33.1. The number of benzene rings is 2. The van der Waals surface area contributed by atoms with Crippen LogP contribution in [0.3, 0.4) is 0 Å². The Kier molecular flexibility index (Phi) is 14.2. The summed E-state index contributed by atoms with van der Waals surface area (Å²) in [7, 11) is 0. The van der Waals surface area contributed by atoms with E-state index in [1.54, 1.807) is 19.1 Å². The monoisotopic (exact) mass is 776 g/mol. The Bertz CT molecular complexity index is 2190. The summed E-state index contributed by atoms with van der Waals surface area (Å²) in [5.74, 6) is -4.04. The molecule has 16 nitrogen and oxygen atoms in total. The quantitative estimate of drug-likeness (QED) is 0.0908. The number of aromatic nitrogens is 4. The fourth-order valence-corrected chi connectivity index (χ4v) is 6.21. The molecule has 56 heavy (non-hydrogen) atoms. The Hall–Kier alpha value is -5.93. The van der Waals surface area contributed by atoms with E-state index in [-0.39, 0.29) is 24.7 Å². The van der Waals surface area contributed by atoms with E-state index in [0.717, 1.165) is 60.9 Å². The topological polar surface area (TPSA) is 201 Å². The van der Waals surface area contributed by atoms with Crippen molar-refractivity contribution in [3.8, 4) is 11.5 Å². The van der Waals surface area contributed by atoms with E-state index in [1.165, 1.54) is 4.57 Å². The minimum absolute atomic E-state index is 0.193. The molecule has 0 radical (unpaired) electrons. The largest absolute Gasteiger partial charge is 0.463 e. The van der Waals surface area contributed by atoms with Gasteiger partial charge in [0.15, 0.2) is 29.8 Å². The highest BCUT2D eigenvalue weighted by Crippen LogP contribution is 2.27. The van der Waals surface area contributed by atoms with E-state index in [2.05, 4.69) is 23.8 Å². The van der Waals surface area contributed by atoms with E-state index in [4.69, 9.17) is 23.7 Å². The molecule has 0 amide bonds. The number of rotatable bonds is 16. The number of hydrogen-bond donors (Lipinski definition) is 0. The van der Waals surface area contributed by atoms with Gasteiger partial charge in [0.05, 0.1) is 30.0 Å². The van der Waals surface area contributed by atoms with Crippen LogP contribution in [0.5, 0.6) is 0 Å². The molecule has 0 fully saturated rings. The number of hydrogen-bond acceptors (Lipinski definition) is 14. The van der Waals surface area contributed by atoms with Gasteiger partial charge in [-0.25, -0.2) is 9.78 Å². The van der Waals surface area contributed by atoms with E-state index >= 15 is 0 Å². The van der Waals surface area contributed by atoms with Crippen LogP contribution in [0.4, 0.5) is 0 Å². The second-order valence-corrected chi connectivity index (χ2v) is 14.1. The van der Waals surface area contributed by atoms with Crippen molar-refractivity contribution < 1.29 is 47.7 Å².